The number of hydrogen-bond donors (Lipinski definition) is 2. The zero-order chi connectivity index (χ0) is 10.8. The fraction of sp³-hybridized carbons (Fsp3) is 0.909. The predicted octanol–water partition coefficient (Wildman–Crippen LogP) is 0.536. The maximum absolute atomic E-state index is 5.81. The molecule has 1 aliphatic heterocycles. The molecular formula is C11H22N4. The first-order valence-electron chi connectivity index (χ1n) is 5.99. The van der Waals surface area contributed by atoms with Crippen LogP contribution in [-0.2, 0) is 0 Å². The molecular weight excluding hydrogens is 188 g/mol. The van der Waals surface area contributed by atoms with Gasteiger partial charge in [0.2, 0.25) is 0 Å². The van der Waals surface area contributed by atoms with Crippen molar-refractivity contribution in [3.05, 3.63) is 0 Å². The van der Waals surface area contributed by atoms with Gasteiger partial charge in [0.1, 0.15) is 0 Å². The highest BCUT2D eigenvalue weighted by molar-refractivity contribution is 5.78. The van der Waals surface area contributed by atoms with Crippen molar-refractivity contribution in [1.82, 2.24) is 10.2 Å². The lowest BCUT2D eigenvalue weighted by molar-refractivity contribution is 0.324. The van der Waals surface area contributed by atoms with Crippen molar-refractivity contribution in [2.75, 3.05) is 13.1 Å². The van der Waals surface area contributed by atoms with Crippen molar-refractivity contribution in [1.29, 1.82) is 0 Å². The van der Waals surface area contributed by atoms with Crippen LogP contribution in [-0.4, -0.2) is 42.1 Å². The van der Waals surface area contributed by atoms with Crippen LogP contribution in [0, 0.1) is 0 Å². The number of aliphatic imine (C=N–C) groups is 1. The van der Waals surface area contributed by atoms with Crippen LogP contribution in [0.3, 0.4) is 0 Å². The standard InChI is InChI=1S/C11H22N4/c1-8(2)13-11(12)14-9-5-6-15(7-9)10-3-4-10/h8-10H,3-7H2,1-2H3,(H3,12,13,14). The first kappa shape index (κ1) is 10.7. The lowest BCUT2D eigenvalue weighted by Crippen LogP contribution is -2.38. The zero-order valence-electron chi connectivity index (χ0n) is 9.74. The number of rotatable bonds is 3. The third kappa shape index (κ3) is 3.09. The molecule has 3 N–H and O–H groups in total. The third-order valence-electron chi connectivity index (χ3n) is 3.02. The van der Waals surface area contributed by atoms with Crippen molar-refractivity contribution in [3.63, 3.8) is 0 Å². The number of nitrogens with two attached hydrogens (primary N) is 1. The minimum absolute atomic E-state index is 0.370. The SMILES string of the molecule is CC(C)NC(N)=NC1CCN(C2CC2)C1. The third-order valence-corrected chi connectivity index (χ3v) is 3.02. The van der Waals surface area contributed by atoms with Crippen LogP contribution in [0.15, 0.2) is 4.99 Å². The summed E-state index contributed by atoms with van der Waals surface area (Å²) >= 11 is 0. The molecule has 4 heteroatoms. The maximum atomic E-state index is 5.81. The van der Waals surface area contributed by atoms with Crippen molar-refractivity contribution in [3.8, 4) is 0 Å². The Hall–Kier alpha value is -0.770. The fourth-order valence-corrected chi connectivity index (χ4v) is 2.17. The van der Waals surface area contributed by atoms with Crippen molar-refractivity contribution in [2.45, 2.75) is 51.2 Å². The Morgan fingerprint density at radius 3 is 2.73 bits per heavy atom. The van der Waals surface area contributed by atoms with Crippen molar-refractivity contribution < 1.29 is 0 Å². The predicted molar refractivity (Wildman–Crippen MR) is 62.9 cm³/mol. The van der Waals surface area contributed by atoms with Gasteiger partial charge in [-0.1, -0.05) is 0 Å². The van der Waals surface area contributed by atoms with E-state index in [1.54, 1.807) is 0 Å². The second kappa shape index (κ2) is 4.39. The van der Waals surface area contributed by atoms with Gasteiger partial charge >= 0.3 is 0 Å². The summed E-state index contributed by atoms with van der Waals surface area (Å²) in [4.78, 5) is 7.07. The number of nitrogens with one attached hydrogen (secondary N) is 1. The Bertz CT molecular complexity index is 245. The largest absolute Gasteiger partial charge is 0.370 e. The Labute approximate surface area is 91.9 Å². The smallest absolute Gasteiger partial charge is 0.189 e. The minimum Gasteiger partial charge on any atom is -0.370 e. The van der Waals surface area contributed by atoms with E-state index >= 15 is 0 Å². The van der Waals surface area contributed by atoms with Gasteiger partial charge in [-0.3, -0.25) is 4.90 Å². The number of nitrogens with zero attached hydrogens (tertiary/aromatic N) is 2. The highest BCUT2D eigenvalue weighted by Gasteiger charge is 2.34. The first-order chi connectivity index (χ1) is 7.15. The number of hydrogen-bond acceptors (Lipinski definition) is 2. The summed E-state index contributed by atoms with van der Waals surface area (Å²) in [5.74, 6) is 0.604. The molecule has 86 valence electrons. The Morgan fingerprint density at radius 2 is 2.13 bits per heavy atom. The van der Waals surface area contributed by atoms with E-state index in [2.05, 4.69) is 29.1 Å². The van der Waals surface area contributed by atoms with Gasteiger partial charge < -0.3 is 11.1 Å². The molecule has 0 aromatic carbocycles. The van der Waals surface area contributed by atoms with Crippen LogP contribution in [0.4, 0.5) is 0 Å². The minimum atomic E-state index is 0.370. The molecule has 0 bridgehead atoms. The van der Waals surface area contributed by atoms with Gasteiger partial charge in [0.05, 0.1) is 6.04 Å². The van der Waals surface area contributed by atoms with Gasteiger partial charge in [-0.15, -0.1) is 0 Å². The monoisotopic (exact) mass is 210 g/mol. The summed E-state index contributed by atoms with van der Waals surface area (Å²) in [5, 5.41) is 3.14. The molecule has 0 aromatic rings. The molecule has 2 rings (SSSR count). The van der Waals surface area contributed by atoms with Crippen LogP contribution < -0.4 is 11.1 Å². The van der Waals surface area contributed by atoms with Crippen molar-refractivity contribution in [2.24, 2.45) is 10.7 Å². The average Bonchev–Trinajstić information content (AvgIpc) is 2.87. The molecule has 1 saturated carbocycles. The van der Waals surface area contributed by atoms with Gasteiger partial charge in [-0.2, -0.15) is 0 Å². The molecule has 0 spiro atoms. The summed E-state index contributed by atoms with van der Waals surface area (Å²) in [6, 6.07) is 1.65. The summed E-state index contributed by atoms with van der Waals surface area (Å²) in [5.41, 5.74) is 5.81. The molecule has 0 radical (unpaired) electrons. The van der Waals surface area contributed by atoms with Crippen LogP contribution in [0.2, 0.25) is 0 Å². The van der Waals surface area contributed by atoms with Gasteiger partial charge in [0.25, 0.3) is 0 Å². The van der Waals surface area contributed by atoms with Crippen LogP contribution in [0.5, 0.6) is 0 Å². The van der Waals surface area contributed by atoms with Crippen LogP contribution in [0.1, 0.15) is 33.1 Å². The van der Waals surface area contributed by atoms with Crippen LogP contribution in [0.25, 0.3) is 0 Å². The molecule has 2 aliphatic rings. The second-order valence-electron chi connectivity index (χ2n) is 4.98. The molecule has 0 aromatic heterocycles. The quantitative estimate of drug-likeness (QED) is 0.528. The first-order valence-corrected chi connectivity index (χ1v) is 5.99. The lowest BCUT2D eigenvalue weighted by atomic mass is 10.3. The van der Waals surface area contributed by atoms with Gasteiger partial charge in [-0.05, 0) is 33.1 Å². The van der Waals surface area contributed by atoms with Crippen LogP contribution >= 0.6 is 0 Å². The second-order valence-corrected chi connectivity index (χ2v) is 4.98. The summed E-state index contributed by atoms with van der Waals surface area (Å²) < 4.78 is 0. The molecule has 4 nitrogen and oxygen atoms in total. The van der Waals surface area contributed by atoms with E-state index in [4.69, 9.17) is 5.73 Å². The lowest BCUT2D eigenvalue weighted by Gasteiger charge is -2.14. The fourth-order valence-electron chi connectivity index (χ4n) is 2.17. The molecule has 1 aliphatic carbocycles. The topological polar surface area (TPSA) is 53.6 Å². The van der Waals surface area contributed by atoms with E-state index in [9.17, 15) is 0 Å². The Balaban J connectivity index is 1.79. The van der Waals surface area contributed by atoms with E-state index in [1.807, 2.05) is 0 Å². The maximum Gasteiger partial charge on any atom is 0.189 e. The molecule has 2 fully saturated rings. The average molecular weight is 210 g/mol. The molecule has 15 heavy (non-hydrogen) atoms. The summed E-state index contributed by atoms with van der Waals surface area (Å²) in [6.45, 7) is 6.46. The van der Waals surface area contributed by atoms with E-state index in [1.165, 1.54) is 19.4 Å². The highest BCUT2D eigenvalue weighted by Crippen LogP contribution is 2.30. The van der Waals surface area contributed by atoms with E-state index < -0.39 is 0 Å². The zero-order valence-corrected chi connectivity index (χ0v) is 9.74. The number of guanidine groups is 1. The normalized spacial score (nSPS) is 28.7. The van der Waals surface area contributed by atoms with E-state index in [0.717, 1.165) is 19.0 Å². The Morgan fingerprint density at radius 1 is 1.40 bits per heavy atom. The molecule has 1 atom stereocenters. The molecule has 0 amide bonds. The highest BCUT2D eigenvalue weighted by atomic mass is 15.2. The Kier molecular flexibility index (Phi) is 3.14. The molecule has 1 unspecified atom stereocenters. The molecule has 1 saturated heterocycles. The van der Waals surface area contributed by atoms with Gasteiger partial charge in [-0.25, -0.2) is 4.99 Å². The van der Waals surface area contributed by atoms with Gasteiger partial charge in [0.15, 0.2) is 5.96 Å². The van der Waals surface area contributed by atoms with Crippen molar-refractivity contribution >= 4 is 5.96 Å². The molecule has 1 heterocycles. The van der Waals surface area contributed by atoms with E-state index in [0.29, 0.717) is 18.0 Å². The summed E-state index contributed by atoms with van der Waals surface area (Å²) in [7, 11) is 0. The number of likely N-dealkylation sites (tertiary alicyclic amines) is 1. The summed E-state index contributed by atoms with van der Waals surface area (Å²) in [6.07, 6.45) is 3.93. The van der Waals surface area contributed by atoms with Gasteiger partial charge in [0, 0.05) is 25.2 Å². The van der Waals surface area contributed by atoms with E-state index in [-0.39, 0.29) is 0 Å².